The molecule has 0 spiro atoms. The Balaban J connectivity index is 1.93. The summed E-state index contributed by atoms with van der Waals surface area (Å²) in [6.45, 7) is 1.36. The van der Waals surface area contributed by atoms with Gasteiger partial charge in [0.2, 0.25) is 0 Å². The molecular weight excluding hydrogens is 328 g/mol. The van der Waals surface area contributed by atoms with Crippen molar-refractivity contribution in [1.29, 1.82) is 0 Å². The molecule has 1 heterocycles. The summed E-state index contributed by atoms with van der Waals surface area (Å²) >= 11 is 6.15. The maximum Gasteiger partial charge on any atom is 0.317 e. The van der Waals surface area contributed by atoms with Gasteiger partial charge in [-0.25, -0.2) is 13.2 Å². The number of nitrogens with zero attached hydrogens (tertiary/aromatic N) is 1. The molecular formula is C14H19ClN2O4S. The normalized spacial score (nSPS) is 19.0. The smallest absolute Gasteiger partial charge is 0.317 e. The first-order valence-electron chi connectivity index (χ1n) is 6.93. The SMILES string of the molecule is CS(=O)(=O)CCNC(=O)N1CCO[C@H](c2ccccc2Cl)C1. The van der Waals surface area contributed by atoms with Gasteiger partial charge in [-0.3, -0.25) is 0 Å². The summed E-state index contributed by atoms with van der Waals surface area (Å²) in [6, 6.07) is 7.08. The summed E-state index contributed by atoms with van der Waals surface area (Å²) in [5.74, 6) is -0.0724. The van der Waals surface area contributed by atoms with Crippen molar-refractivity contribution in [3.05, 3.63) is 34.9 Å². The summed E-state index contributed by atoms with van der Waals surface area (Å²) in [5, 5.41) is 3.22. The first-order valence-corrected chi connectivity index (χ1v) is 9.37. The average molecular weight is 347 g/mol. The van der Waals surface area contributed by atoms with Crippen LogP contribution < -0.4 is 5.32 Å². The topological polar surface area (TPSA) is 75.7 Å². The quantitative estimate of drug-likeness (QED) is 0.895. The Morgan fingerprint density at radius 3 is 2.86 bits per heavy atom. The largest absolute Gasteiger partial charge is 0.370 e. The molecule has 1 saturated heterocycles. The van der Waals surface area contributed by atoms with Crippen LogP contribution in [0.5, 0.6) is 0 Å². The molecule has 22 heavy (non-hydrogen) atoms. The minimum Gasteiger partial charge on any atom is -0.370 e. The zero-order valence-electron chi connectivity index (χ0n) is 12.3. The van der Waals surface area contributed by atoms with Crippen molar-refractivity contribution in [2.45, 2.75) is 6.10 Å². The number of hydrogen-bond acceptors (Lipinski definition) is 4. The molecule has 0 bridgehead atoms. The maximum atomic E-state index is 12.1. The van der Waals surface area contributed by atoms with Crippen LogP contribution in [0.25, 0.3) is 0 Å². The van der Waals surface area contributed by atoms with E-state index in [-0.39, 0.29) is 24.4 Å². The third-order valence-corrected chi connectivity index (χ3v) is 4.64. The summed E-state index contributed by atoms with van der Waals surface area (Å²) in [7, 11) is -3.09. The molecule has 0 radical (unpaired) electrons. The molecule has 122 valence electrons. The zero-order chi connectivity index (χ0) is 16.2. The standard InChI is InChI=1S/C14H19ClN2O4S/c1-22(19,20)9-6-16-14(18)17-7-8-21-13(10-17)11-4-2-3-5-12(11)15/h2-5,13H,6-10H2,1H3,(H,16,18)/t13-/m0/s1. The summed E-state index contributed by atoms with van der Waals surface area (Å²) in [6.07, 6.45) is 0.865. The van der Waals surface area contributed by atoms with Crippen molar-refractivity contribution in [2.75, 3.05) is 38.2 Å². The fraction of sp³-hybridized carbons (Fsp3) is 0.500. The number of sulfone groups is 1. The molecule has 0 unspecified atom stereocenters. The molecule has 1 atom stereocenters. The molecule has 1 fully saturated rings. The van der Waals surface area contributed by atoms with Crippen LogP contribution in [0.1, 0.15) is 11.7 Å². The van der Waals surface area contributed by atoms with E-state index in [2.05, 4.69) is 5.32 Å². The highest BCUT2D eigenvalue weighted by Gasteiger charge is 2.26. The van der Waals surface area contributed by atoms with Crippen molar-refractivity contribution in [3.63, 3.8) is 0 Å². The van der Waals surface area contributed by atoms with Crippen LogP contribution in [-0.2, 0) is 14.6 Å². The van der Waals surface area contributed by atoms with E-state index in [0.717, 1.165) is 11.8 Å². The molecule has 1 aromatic carbocycles. The third kappa shape index (κ3) is 4.86. The minimum atomic E-state index is -3.09. The Kier molecular flexibility index (Phi) is 5.66. The van der Waals surface area contributed by atoms with Crippen molar-refractivity contribution < 1.29 is 17.9 Å². The fourth-order valence-electron chi connectivity index (χ4n) is 2.21. The van der Waals surface area contributed by atoms with Crippen molar-refractivity contribution in [2.24, 2.45) is 0 Å². The van der Waals surface area contributed by atoms with Crippen molar-refractivity contribution in [3.8, 4) is 0 Å². The minimum absolute atomic E-state index is 0.0724. The van der Waals surface area contributed by atoms with Crippen LogP contribution in [0.4, 0.5) is 4.79 Å². The number of amides is 2. The van der Waals surface area contributed by atoms with E-state index in [0.29, 0.717) is 24.7 Å². The van der Waals surface area contributed by atoms with E-state index < -0.39 is 9.84 Å². The number of carbonyl (C=O) groups is 1. The summed E-state index contributed by atoms with van der Waals surface area (Å²) in [5.41, 5.74) is 0.845. The Labute approximate surface area is 135 Å². The molecule has 0 saturated carbocycles. The predicted octanol–water partition coefficient (Wildman–Crippen LogP) is 1.47. The van der Waals surface area contributed by atoms with Crippen LogP contribution >= 0.6 is 11.6 Å². The first kappa shape index (κ1) is 17.1. The number of ether oxygens (including phenoxy) is 1. The van der Waals surface area contributed by atoms with Gasteiger partial charge < -0.3 is 15.0 Å². The van der Waals surface area contributed by atoms with Gasteiger partial charge in [0.25, 0.3) is 0 Å². The lowest BCUT2D eigenvalue weighted by Crippen LogP contribution is -2.48. The van der Waals surface area contributed by atoms with Gasteiger partial charge in [0.15, 0.2) is 0 Å². The maximum absolute atomic E-state index is 12.1. The van der Waals surface area contributed by atoms with Crippen LogP contribution in [0, 0.1) is 0 Å². The van der Waals surface area contributed by atoms with E-state index in [1.165, 1.54) is 0 Å². The van der Waals surface area contributed by atoms with Crippen LogP contribution in [0.2, 0.25) is 5.02 Å². The molecule has 8 heteroatoms. The molecule has 0 aliphatic carbocycles. The lowest BCUT2D eigenvalue weighted by molar-refractivity contribution is -0.0153. The average Bonchev–Trinajstić information content (AvgIpc) is 2.46. The molecule has 2 rings (SSSR count). The second kappa shape index (κ2) is 7.30. The highest BCUT2D eigenvalue weighted by Crippen LogP contribution is 2.28. The molecule has 2 amide bonds. The number of urea groups is 1. The van der Waals surface area contributed by atoms with E-state index in [4.69, 9.17) is 16.3 Å². The Morgan fingerprint density at radius 2 is 2.18 bits per heavy atom. The first-order chi connectivity index (χ1) is 10.4. The Hall–Kier alpha value is -1.31. The monoisotopic (exact) mass is 346 g/mol. The van der Waals surface area contributed by atoms with Gasteiger partial charge in [-0.15, -0.1) is 0 Å². The van der Waals surface area contributed by atoms with E-state index in [9.17, 15) is 13.2 Å². The van der Waals surface area contributed by atoms with Crippen molar-refractivity contribution in [1.82, 2.24) is 10.2 Å². The summed E-state index contributed by atoms with van der Waals surface area (Å²) in [4.78, 5) is 13.7. The zero-order valence-corrected chi connectivity index (χ0v) is 13.9. The molecule has 6 nitrogen and oxygen atoms in total. The lowest BCUT2D eigenvalue weighted by Gasteiger charge is -2.33. The van der Waals surface area contributed by atoms with Gasteiger partial charge >= 0.3 is 6.03 Å². The lowest BCUT2D eigenvalue weighted by atomic mass is 10.1. The highest BCUT2D eigenvalue weighted by molar-refractivity contribution is 7.90. The Morgan fingerprint density at radius 1 is 1.45 bits per heavy atom. The predicted molar refractivity (Wildman–Crippen MR) is 84.8 cm³/mol. The van der Waals surface area contributed by atoms with Crippen molar-refractivity contribution >= 4 is 27.5 Å². The molecule has 1 aromatic rings. The van der Waals surface area contributed by atoms with E-state index in [1.54, 1.807) is 11.0 Å². The number of halogens is 1. The van der Waals surface area contributed by atoms with Crippen LogP contribution in [-0.4, -0.2) is 57.6 Å². The molecule has 0 aromatic heterocycles. The molecule has 1 N–H and O–H groups in total. The van der Waals surface area contributed by atoms with Crippen LogP contribution in [0.15, 0.2) is 24.3 Å². The number of hydrogen-bond donors (Lipinski definition) is 1. The van der Waals surface area contributed by atoms with Gasteiger partial charge in [-0.1, -0.05) is 29.8 Å². The van der Waals surface area contributed by atoms with E-state index in [1.807, 2.05) is 18.2 Å². The highest BCUT2D eigenvalue weighted by atomic mass is 35.5. The van der Waals surface area contributed by atoms with Gasteiger partial charge in [0.05, 0.1) is 18.9 Å². The number of carbonyl (C=O) groups excluding carboxylic acids is 1. The number of benzene rings is 1. The van der Waals surface area contributed by atoms with Gasteiger partial charge in [-0.05, 0) is 6.07 Å². The Bertz CT molecular complexity index is 635. The fourth-order valence-corrected chi connectivity index (χ4v) is 2.94. The second-order valence-electron chi connectivity index (χ2n) is 5.19. The van der Waals surface area contributed by atoms with Gasteiger partial charge in [0, 0.05) is 29.9 Å². The van der Waals surface area contributed by atoms with Crippen LogP contribution in [0.3, 0.4) is 0 Å². The molecule has 1 aliphatic rings. The number of rotatable bonds is 4. The number of nitrogens with one attached hydrogen (secondary N) is 1. The molecule has 1 aliphatic heterocycles. The number of morpholine rings is 1. The second-order valence-corrected chi connectivity index (χ2v) is 7.86. The third-order valence-electron chi connectivity index (χ3n) is 3.35. The van der Waals surface area contributed by atoms with Gasteiger partial charge in [-0.2, -0.15) is 0 Å². The van der Waals surface area contributed by atoms with Gasteiger partial charge in [0.1, 0.15) is 15.9 Å². The summed E-state index contributed by atoms with van der Waals surface area (Å²) < 4.78 is 27.8. The van der Waals surface area contributed by atoms with E-state index >= 15 is 0 Å².